The van der Waals surface area contributed by atoms with Crippen molar-refractivity contribution in [1.82, 2.24) is 4.90 Å². The summed E-state index contributed by atoms with van der Waals surface area (Å²) in [5, 5.41) is 8.95. The lowest BCUT2D eigenvalue weighted by atomic mass is 10.1. The van der Waals surface area contributed by atoms with Gasteiger partial charge in [-0.25, -0.2) is 4.79 Å². The van der Waals surface area contributed by atoms with Crippen LogP contribution >= 0.6 is 15.9 Å². The van der Waals surface area contributed by atoms with Gasteiger partial charge in [-0.2, -0.15) is 0 Å². The zero-order valence-corrected chi connectivity index (χ0v) is 13.2. The first kappa shape index (κ1) is 15.5. The van der Waals surface area contributed by atoms with Crippen molar-refractivity contribution >= 4 is 21.9 Å². The SMILES string of the molecule is CN(Cc1ccc(C(=O)O)cc1Br)CC1CCCCO1. The molecule has 0 radical (unpaired) electrons. The third-order valence-corrected chi connectivity index (χ3v) is 4.27. The number of ether oxygens (including phenoxy) is 1. The number of halogens is 1. The molecule has 0 amide bonds. The fourth-order valence-electron chi connectivity index (χ4n) is 2.46. The molecule has 1 aliphatic rings. The van der Waals surface area contributed by atoms with Crippen LogP contribution in [0.4, 0.5) is 0 Å². The first-order chi connectivity index (χ1) is 9.56. The number of benzene rings is 1. The summed E-state index contributed by atoms with van der Waals surface area (Å²) in [4.78, 5) is 13.1. The largest absolute Gasteiger partial charge is 0.478 e. The molecular weight excluding hydrogens is 322 g/mol. The summed E-state index contributed by atoms with van der Waals surface area (Å²) < 4.78 is 6.58. The van der Waals surface area contributed by atoms with E-state index in [1.807, 2.05) is 6.07 Å². The molecule has 20 heavy (non-hydrogen) atoms. The first-order valence-corrected chi connectivity index (χ1v) is 7.67. The van der Waals surface area contributed by atoms with Crippen LogP contribution in [-0.2, 0) is 11.3 Å². The van der Waals surface area contributed by atoms with Gasteiger partial charge in [0, 0.05) is 24.2 Å². The molecule has 0 aliphatic carbocycles. The molecule has 5 heteroatoms. The number of aromatic carboxylic acids is 1. The molecule has 1 atom stereocenters. The second-order valence-corrected chi connectivity index (χ2v) is 6.15. The summed E-state index contributed by atoms with van der Waals surface area (Å²) in [7, 11) is 2.06. The van der Waals surface area contributed by atoms with Crippen LogP contribution in [0.5, 0.6) is 0 Å². The van der Waals surface area contributed by atoms with E-state index < -0.39 is 5.97 Å². The quantitative estimate of drug-likeness (QED) is 0.893. The molecule has 2 rings (SSSR count). The molecule has 1 aromatic carbocycles. The predicted molar refractivity (Wildman–Crippen MR) is 81.0 cm³/mol. The molecule has 110 valence electrons. The smallest absolute Gasteiger partial charge is 0.335 e. The molecule has 1 unspecified atom stereocenters. The molecule has 0 bridgehead atoms. The number of nitrogens with zero attached hydrogens (tertiary/aromatic N) is 1. The Bertz CT molecular complexity index is 472. The average molecular weight is 342 g/mol. The fourth-order valence-corrected chi connectivity index (χ4v) is 2.97. The van der Waals surface area contributed by atoms with E-state index >= 15 is 0 Å². The Kier molecular flexibility index (Phi) is 5.57. The highest BCUT2D eigenvalue weighted by molar-refractivity contribution is 9.10. The van der Waals surface area contributed by atoms with Crippen molar-refractivity contribution in [2.45, 2.75) is 31.9 Å². The van der Waals surface area contributed by atoms with Crippen molar-refractivity contribution in [2.75, 3.05) is 20.2 Å². The van der Waals surface area contributed by atoms with Gasteiger partial charge in [0.1, 0.15) is 0 Å². The van der Waals surface area contributed by atoms with Gasteiger partial charge < -0.3 is 9.84 Å². The van der Waals surface area contributed by atoms with Gasteiger partial charge >= 0.3 is 5.97 Å². The second-order valence-electron chi connectivity index (χ2n) is 5.30. The van der Waals surface area contributed by atoms with E-state index in [-0.39, 0.29) is 0 Å². The number of hydrogen-bond acceptors (Lipinski definition) is 3. The summed E-state index contributed by atoms with van der Waals surface area (Å²) in [5.41, 5.74) is 1.40. The lowest BCUT2D eigenvalue weighted by molar-refractivity contribution is -0.00261. The van der Waals surface area contributed by atoms with Gasteiger partial charge in [0.2, 0.25) is 0 Å². The predicted octanol–water partition coefficient (Wildman–Crippen LogP) is 3.15. The molecule has 1 saturated heterocycles. The van der Waals surface area contributed by atoms with Gasteiger partial charge in [-0.15, -0.1) is 0 Å². The normalized spacial score (nSPS) is 19.2. The van der Waals surface area contributed by atoms with Crippen molar-refractivity contribution in [3.05, 3.63) is 33.8 Å². The van der Waals surface area contributed by atoms with E-state index in [4.69, 9.17) is 9.84 Å². The number of carboxylic acids is 1. The van der Waals surface area contributed by atoms with Crippen LogP contribution in [0.3, 0.4) is 0 Å². The minimum absolute atomic E-state index is 0.305. The minimum Gasteiger partial charge on any atom is -0.478 e. The summed E-state index contributed by atoms with van der Waals surface area (Å²) >= 11 is 3.45. The molecule has 1 heterocycles. The Morgan fingerprint density at radius 2 is 2.30 bits per heavy atom. The van der Waals surface area contributed by atoms with Crippen LogP contribution in [-0.4, -0.2) is 42.3 Å². The van der Waals surface area contributed by atoms with Gasteiger partial charge in [-0.1, -0.05) is 22.0 Å². The maximum Gasteiger partial charge on any atom is 0.335 e. The van der Waals surface area contributed by atoms with Crippen LogP contribution in [0.25, 0.3) is 0 Å². The van der Waals surface area contributed by atoms with Crippen LogP contribution in [0.15, 0.2) is 22.7 Å². The van der Waals surface area contributed by atoms with E-state index in [0.29, 0.717) is 11.7 Å². The van der Waals surface area contributed by atoms with Crippen LogP contribution in [0, 0.1) is 0 Å². The third-order valence-electron chi connectivity index (χ3n) is 3.53. The van der Waals surface area contributed by atoms with E-state index in [2.05, 4.69) is 27.9 Å². The van der Waals surface area contributed by atoms with Crippen molar-refractivity contribution < 1.29 is 14.6 Å². The van der Waals surface area contributed by atoms with Crippen molar-refractivity contribution in [3.63, 3.8) is 0 Å². The van der Waals surface area contributed by atoms with Crippen LogP contribution in [0.1, 0.15) is 35.2 Å². The zero-order chi connectivity index (χ0) is 14.5. The summed E-state index contributed by atoms with van der Waals surface area (Å²) in [6.07, 6.45) is 3.87. The fraction of sp³-hybridized carbons (Fsp3) is 0.533. The molecule has 1 N–H and O–H groups in total. The van der Waals surface area contributed by atoms with E-state index in [0.717, 1.165) is 36.2 Å². The van der Waals surface area contributed by atoms with Crippen molar-refractivity contribution in [3.8, 4) is 0 Å². The molecule has 0 saturated carbocycles. The van der Waals surface area contributed by atoms with E-state index in [1.54, 1.807) is 12.1 Å². The van der Waals surface area contributed by atoms with Gasteiger partial charge in [0.25, 0.3) is 0 Å². The molecular formula is C15H20BrNO3. The highest BCUT2D eigenvalue weighted by Gasteiger charge is 2.16. The van der Waals surface area contributed by atoms with Gasteiger partial charge in [-0.3, -0.25) is 4.90 Å². The molecule has 0 spiro atoms. The van der Waals surface area contributed by atoms with Gasteiger partial charge in [0.15, 0.2) is 0 Å². The van der Waals surface area contributed by atoms with Gasteiger partial charge in [0.05, 0.1) is 11.7 Å². The van der Waals surface area contributed by atoms with Crippen molar-refractivity contribution in [1.29, 1.82) is 0 Å². The standard InChI is InChI=1S/C15H20BrNO3/c1-17(10-13-4-2-3-7-20-13)9-12-6-5-11(15(18)19)8-14(12)16/h5-6,8,13H,2-4,7,9-10H2,1H3,(H,18,19). The number of likely N-dealkylation sites (N-methyl/N-ethyl adjacent to an activating group) is 1. The van der Waals surface area contributed by atoms with Gasteiger partial charge in [-0.05, 0) is 44.0 Å². The van der Waals surface area contributed by atoms with Crippen LogP contribution < -0.4 is 0 Å². The average Bonchev–Trinajstić information content (AvgIpc) is 2.42. The monoisotopic (exact) mass is 341 g/mol. The molecule has 0 aromatic heterocycles. The highest BCUT2D eigenvalue weighted by atomic mass is 79.9. The molecule has 4 nitrogen and oxygen atoms in total. The van der Waals surface area contributed by atoms with Crippen molar-refractivity contribution in [2.24, 2.45) is 0 Å². The summed E-state index contributed by atoms with van der Waals surface area (Å²) in [5.74, 6) is -0.902. The Hall–Kier alpha value is -0.910. The lowest BCUT2D eigenvalue weighted by Crippen LogP contribution is -2.33. The lowest BCUT2D eigenvalue weighted by Gasteiger charge is -2.27. The molecule has 1 aliphatic heterocycles. The van der Waals surface area contributed by atoms with Crippen LogP contribution in [0.2, 0.25) is 0 Å². The second kappa shape index (κ2) is 7.20. The Morgan fingerprint density at radius 1 is 1.50 bits per heavy atom. The molecule has 1 aromatic rings. The Balaban J connectivity index is 1.93. The number of hydrogen-bond donors (Lipinski definition) is 1. The van der Waals surface area contributed by atoms with E-state index in [1.165, 1.54) is 12.8 Å². The number of carbonyl (C=O) groups is 1. The highest BCUT2D eigenvalue weighted by Crippen LogP contribution is 2.21. The van der Waals surface area contributed by atoms with E-state index in [9.17, 15) is 4.79 Å². The minimum atomic E-state index is -0.902. The molecule has 1 fully saturated rings. The zero-order valence-electron chi connectivity index (χ0n) is 11.6. The maximum atomic E-state index is 10.9. The summed E-state index contributed by atoms with van der Waals surface area (Å²) in [6.45, 7) is 2.56. The number of rotatable bonds is 5. The first-order valence-electron chi connectivity index (χ1n) is 6.88. The topological polar surface area (TPSA) is 49.8 Å². The third kappa shape index (κ3) is 4.30. The Labute approximate surface area is 127 Å². The number of carboxylic acid groups (broad SMARTS) is 1. The Morgan fingerprint density at radius 3 is 2.90 bits per heavy atom. The maximum absolute atomic E-state index is 10.9. The summed E-state index contributed by atoms with van der Waals surface area (Å²) in [6, 6.07) is 5.17.